The maximum atomic E-state index is 13.0. The first-order chi connectivity index (χ1) is 20.5. The van der Waals surface area contributed by atoms with E-state index in [4.69, 9.17) is 4.74 Å². The molecular formula is C35H32N4O3. The Morgan fingerprint density at radius 1 is 0.690 bits per heavy atom. The topological polar surface area (TPSA) is 73.9 Å². The molecule has 1 aliphatic heterocycles. The fraction of sp³-hybridized carbons (Fsp3) is 0.143. The number of ether oxygens (including phenoxy) is 1. The first kappa shape index (κ1) is 27.1. The number of anilines is 4. The number of carbonyl (C=O) groups excluding carboxylic acids is 2. The monoisotopic (exact) mass is 556 g/mol. The quantitative estimate of drug-likeness (QED) is 0.229. The minimum absolute atomic E-state index is 0.0214. The molecule has 5 aromatic carbocycles. The lowest BCUT2D eigenvalue weighted by atomic mass is 10.0. The fourth-order valence-corrected chi connectivity index (χ4v) is 5.08. The van der Waals surface area contributed by atoms with Crippen molar-refractivity contribution in [2.45, 2.75) is 0 Å². The number of carbonyl (C=O) groups is 2. The second kappa shape index (κ2) is 12.2. The van der Waals surface area contributed by atoms with Crippen LogP contribution in [0.25, 0.3) is 21.9 Å². The number of fused-ring (bicyclic) bond motifs is 1. The predicted molar refractivity (Wildman–Crippen MR) is 170 cm³/mol. The number of morpholine rings is 1. The van der Waals surface area contributed by atoms with Gasteiger partial charge in [0.1, 0.15) is 0 Å². The molecule has 0 unspecified atom stereocenters. The molecule has 0 aliphatic carbocycles. The highest BCUT2D eigenvalue weighted by atomic mass is 16.5. The molecule has 0 radical (unpaired) electrons. The first-order valence-corrected chi connectivity index (χ1v) is 14.0. The van der Waals surface area contributed by atoms with E-state index in [0.29, 0.717) is 31.9 Å². The van der Waals surface area contributed by atoms with Crippen molar-refractivity contribution in [3.8, 4) is 11.1 Å². The number of hydrogen-bond donors (Lipinski definition) is 2. The molecule has 0 atom stereocenters. The average Bonchev–Trinajstić information content (AvgIpc) is 3.05. The van der Waals surface area contributed by atoms with E-state index in [1.807, 2.05) is 114 Å². The number of nitrogens with zero attached hydrogens (tertiary/aromatic N) is 2. The van der Waals surface area contributed by atoms with Crippen LogP contribution in [0.3, 0.4) is 0 Å². The molecule has 0 saturated carbocycles. The van der Waals surface area contributed by atoms with Crippen molar-refractivity contribution in [3.63, 3.8) is 0 Å². The van der Waals surface area contributed by atoms with Gasteiger partial charge in [0.2, 0.25) is 0 Å². The molecule has 1 saturated heterocycles. The van der Waals surface area contributed by atoms with Crippen molar-refractivity contribution in [2.75, 3.05) is 48.9 Å². The maximum Gasteiger partial charge on any atom is 0.326 e. The summed E-state index contributed by atoms with van der Waals surface area (Å²) in [6, 6.07) is 37.3. The highest BCUT2D eigenvalue weighted by molar-refractivity contribution is 6.03. The number of benzene rings is 5. The summed E-state index contributed by atoms with van der Waals surface area (Å²) in [5.74, 6) is 0.0214. The zero-order chi connectivity index (χ0) is 28.9. The molecule has 7 nitrogen and oxygen atoms in total. The van der Waals surface area contributed by atoms with E-state index in [1.54, 1.807) is 11.9 Å². The molecule has 1 heterocycles. The Balaban J connectivity index is 1.12. The Kier molecular flexibility index (Phi) is 7.83. The molecule has 1 aliphatic rings. The number of nitrogens with one attached hydrogen (secondary N) is 2. The summed E-state index contributed by atoms with van der Waals surface area (Å²) in [4.78, 5) is 29.4. The molecule has 2 N–H and O–H groups in total. The number of amides is 3. The van der Waals surface area contributed by atoms with Crippen LogP contribution in [-0.2, 0) is 4.74 Å². The third-order valence-electron chi connectivity index (χ3n) is 7.45. The van der Waals surface area contributed by atoms with Gasteiger partial charge in [-0.25, -0.2) is 4.79 Å². The molecule has 6 rings (SSSR count). The van der Waals surface area contributed by atoms with Crippen molar-refractivity contribution in [1.29, 1.82) is 0 Å². The molecule has 0 spiro atoms. The predicted octanol–water partition coefficient (Wildman–Crippen LogP) is 7.39. The van der Waals surface area contributed by atoms with Gasteiger partial charge in [-0.1, -0.05) is 60.7 Å². The van der Waals surface area contributed by atoms with Crippen molar-refractivity contribution in [1.82, 2.24) is 4.90 Å². The molecule has 0 aromatic heterocycles. The zero-order valence-corrected chi connectivity index (χ0v) is 23.4. The zero-order valence-electron chi connectivity index (χ0n) is 23.4. The smallest absolute Gasteiger partial charge is 0.326 e. The van der Waals surface area contributed by atoms with Gasteiger partial charge in [-0.2, -0.15) is 0 Å². The molecule has 42 heavy (non-hydrogen) atoms. The second-order valence-corrected chi connectivity index (χ2v) is 10.3. The summed E-state index contributed by atoms with van der Waals surface area (Å²) in [5, 5.41) is 8.61. The number of urea groups is 1. The molecule has 7 heteroatoms. The van der Waals surface area contributed by atoms with Crippen molar-refractivity contribution in [3.05, 3.63) is 121 Å². The van der Waals surface area contributed by atoms with E-state index in [-0.39, 0.29) is 11.9 Å². The van der Waals surface area contributed by atoms with Crippen LogP contribution in [0.2, 0.25) is 0 Å². The van der Waals surface area contributed by atoms with E-state index in [9.17, 15) is 9.59 Å². The van der Waals surface area contributed by atoms with Crippen LogP contribution in [0.4, 0.5) is 27.5 Å². The first-order valence-electron chi connectivity index (χ1n) is 14.0. The Morgan fingerprint density at radius 3 is 2.24 bits per heavy atom. The normalized spacial score (nSPS) is 13.0. The minimum Gasteiger partial charge on any atom is -0.378 e. The number of rotatable bonds is 6. The minimum atomic E-state index is -0.212. The Morgan fingerprint density at radius 2 is 1.43 bits per heavy atom. The Bertz CT molecular complexity index is 1730. The van der Waals surface area contributed by atoms with Crippen molar-refractivity contribution < 1.29 is 14.3 Å². The van der Waals surface area contributed by atoms with Gasteiger partial charge in [0.25, 0.3) is 5.91 Å². The fourth-order valence-electron chi connectivity index (χ4n) is 5.08. The van der Waals surface area contributed by atoms with Gasteiger partial charge in [-0.3, -0.25) is 9.69 Å². The lowest BCUT2D eigenvalue weighted by Gasteiger charge is -2.27. The van der Waals surface area contributed by atoms with Crippen LogP contribution >= 0.6 is 0 Å². The largest absolute Gasteiger partial charge is 0.378 e. The maximum absolute atomic E-state index is 13.0. The summed E-state index contributed by atoms with van der Waals surface area (Å²) in [7, 11) is 1.76. The molecule has 210 valence electrons. The van der Waals surface area contributed by atoms with Gasteiger partial charge in [-0.15, -0.1) is 0 Å². The van der Waals surface area contributed by atoms with Crippen LogP contribution in [0.1, 0.15) is 10.4 Å². The highest BCUT2D eigenvalue weighted by Gasteiger charge is 2.18. The van der Waals surface area contributed by atoms with E-state index in [0.717, 1.165) is 44.6 Å². The standard InChI is InChI=1S/C35H32N4O3/c1-38(35(41)37-32-17-14-25-6-2-3-7-27(25)22-32)33-11-5-8-28(24-33)26-12-15-30(16-13-26)36-31-10-4-9-29(23-31)34(40)39-18-20-42-21-19-39/h2-17,22-24,36H,18-21H2,1H3,(H,37,41). The van der Waals surface area contributed by atoms with Gasteiger partial charge in [0, 0.05) is 48.5 Å². The van der Waals surface area contributed by atoms with Gasteiger partial charge in [0.15, 0.2) is 0 Å². The number of hydrogen-bond acceptors (Lipinski definition) is 4. The van der Waals surface area contributed by atoms with Crippen LogP contribution < -0.4 is 15.5 Å². The van der Waals surface area contributed by atoms with Crippen molar-refractivity contribution >= 4 is 45.5 Å². The third kappa shape index (κ3) is 6.11. The van der Waals surface area contributed by atoms with E-state index < -0.39 is 0 Å². The van der Waals surface area contributed by atoms with Gasteiger partial charge in [0.05, 0.1) is 13.2 Å². The summed E-state index contributed by atoms with van der Waals surface area (Å²) >= 11 is 0. The Hall–Kier alpha value is -5.14. The summed E-state index contributed by atoms with van der Waals surface area (Å²) < 4.78 is 5.37. The highest BCUT2D eigenvalue weighted by Crippen LogP contribution is 2.28. The van der Waals surface area contributed by atoms with E-state index in [1.165, 1.54) is 0 Å². The summed E-state index contributed by atoms with van der Waals surface area (Å²) in [6.45, 7) is 2.38. The molecule has 3 amide bonds. The summed E-state index contributed by atoms with van der Waals surface area (Å²) in [6.07, 6.45) is 0. The Labute approximate surface area is 245 Å². The second-order valence-electron chi connectivity index (χ2n) is 10.3. The van der Waals surface area contributed by atoms with Crippen LogP contribution in [0.5, 0.6) is 0 Å². The average molecular weight is 557 g/mol. The van der Waals surface area contributed by atoms with Gasteiger partial charge >= 0.3 is 6.03 Å². The van der Waals surface area contributed by atoms with Crippen molar-refractivity contribution in [2.24, 2.45) is 0 Å². The van der Waals surface area contributed by atoms with Crippen LogP contribution in [-0.4, -0.2) is 50.2 Å². The lowest BCUT2D eigenvalue weighted by molar-refractivity contribution is 0.0303. The van der Waals surface area contributed by atoms with E-state index >= 15 is 0 Å². The van der Waals surface area contributed by atoms with Gasteiger partial charge < -0.3 is 20.3 Å². The summed E-state index contributed by atoms with van der Waals surface area (Å²) in [5.41, 5.74) is 5.99. The molecular weight excluding hydrogens is 524 g/mol. The van der Waals surface area contributed by atoms with E-state index in [2.05, 4.69) is 16.7 Å². The lowest BCUT2D eigenvalue weighted by Crippen LogP contribution is -2.40. The van der Waals surface area contributed by atoms with Gasteiger partial charge in [-0.05, 0) is 76.5 Å². The third-order valence-corrected chi connectivity index (χ3v) is 7.45. The molecule has 0 bridgehead atoms. The SMILES string of the molecule is CN(C(=O)Nc1ccc2ccccc2c1)c1cccc(-c2ccc(Nc3cccc(C(=O)N4CCOCC4)c3)cc2)c1. The van der Waals surface area contributed by atoms with Crippen LogP contribution in [0.15, 0.2) is 115 Å². The molecule has 5 aromatic rings. The molecule has 1 fully saturated rings. The van der Waals surface area contributed by atoms with Crippen LogP contribution in [0, 0.1) is 0 Å².